The molecule has 1 aliphatic rings. The number of hydrogen-bond acceptors (Lipinski definition) is 2. The van der Waals surface area contributed by atoms with Gasteiger partial charge in [0.2, 0.25) is 0 Å². The van der Waals surface area contributed by atoms with Crippen LogP contribution in [0.4, 0.5) is 4.39 Å². The lowest BCUT2D eigenvalue weighted by Gasteiger charge is -2.26. The van der Waals surface area contributed by atoms with Crippen LogP contribution in [-0.4, -0.2) is 13.2 Å². The Hall–Kier alpha value is -1.09. The summed E-state index contributed by atoms with van der Waals surface area (Å²) in [6, 6.07) is 5.74. The second kappa shape index (κ2) is 4.62. The Labute approximate surface area is 89.4 Å². The van der Waals surface area contributed by atoms with Crippen LogP contribution < -0.4 is 10.1 Å². The van der Waals surface area contributed by atoms with Gasteiger partial charge in [-0.25, -0.2) is 4.39 Å². The minimum absolute atomic E-state index is 0.287. The summed E-state index contributed by atoms with van der Waals surface area (Å²) in [6.45, 7) is 0.742. The van der Waals surface area contributed by atoms with Crippen molar-refractivity contribution in [2.75, 3.05) is 7.11 Å². The first-order valence-corrected chi connectivity index (χ1v) is 5.35. The largest absolute Gasteiger partial charge is 0.494 e. The van der Waals surface area contributed by atoms with Crippen LogP contribution >= 0.6 is 0 Å². The Morgan fingerprint density at radius 1 is 1.47 bits per heavy atom. The fraction of sp³-hybridized carbons (Fsp3) is 0.500. The van der Waals surface area contributed by atoms with Gasteiger partial charge in [0.1, 0.15) is 0 Å². The molecular weight excluding hydrogens is 193 g/mol. The lowest BCUT2D eigenvalue weighted by Crippen LogP contribution is -2.34. The molecular formula is C12H16FNO. The first-order chi connectivity index (χ1) is 7.29. The highest BCUT2D eigenvalue weighted by atomic mass is 19.1. The molecule has 0 amide bonds. The molecule has 0 aliphatic heterocycles. The first-order valence-electron chi connectivity index (χ1n) is 5.35. The molecule has 2 rings (SSSR count). The van der Waals surface area contributed by atoms with E-state index in [0.29, 0.717) is 11.8 Å². The molecule has 0 saturated heterocycles. The quantitative estimate of drug-likeness (QED) is 0.822. The molecule has 0 aromatic heterocycles. The molecule has 0 radical (unpaired) electrons. The van der Waals surface area contributed by atoms with Crippen LogP contribution in [0.15, 0.2) is 18.2 Å². The zero-order valence-corrected chi connectivity index (χ0v) is 8.92. The average Bonchev–Trinajstić information content (AvgIpc) is 2.16. The van der Waals surface area contributed by atoms with Crippen molar-refractivity contribution < 1.29 is 9.13 Å². The standard InChI is InChI=1S/C12H16FNO/c1-15-12-6-5-9(7-11(12)13)8-14-10-3-2-4-10/h5-7,10,14H,2-4,8H2,1H3. The van der Waals surface area contributed by atoms with Gasteiger partial charge in [-0.15, -0.1) is 0 Å². The van der Waals surface area contributed by atoms with Crippen LogP contribution in [0.5, 0.6) is 5.75 Å². The van der Waals surface area contributed by atoms with E-state index in [4.69, 9.17) is 4.74 Å². The van der Waals surface area contributed by atoms with Crippen molar-refractivity contribution in [3.63, 3.8) is 0 Å². The summed E-state index contributed by atoms with van der Waals surface area (Å²) in [5.74, 6) is 0.0211. The fourth-order valence-corrected chi connectivity index (χ4v) is 1.69. The van der Waals surface area contributed by atoms with Crippen LogP contribution in [0.25, 0.3) is 0 Å². The molecule has 1 aliphatic carbocycles. The Kier molecular flexibility index (Phi) is 3.21. The summed E-state index contributed by atoms with van der Waals surface area (Å²) in [6.07, 6.45) is 3.81. The van der Waals surface area contributed by atoms with Gasteiger partial charge in [-0.2, -0.15) is 0 Å². The molecule has 2 nitrogen and oxygen atoms in total. The van der Waals surface area contributed by atoms with E-state index in [9.17, 15) is 4.39 Å². The van der Waals surface area contributed by atoms with E-state index in [1.54, 1.807) is 6.07 Å². The zero-order valence-electron chi connectivity index (χ0n) is 8.92. The van der Waals surface area contributed by atoms with Crippen LogP contribution in [-0.2, 0) is 6.54 Å². The molecule has 0 bridgehead atoms. The van der Waals surface area contributed by atoms with Gasteiger partial charge in [0.15, 0.2) is 11.6 Å². The number of hydrogen-bond donors (Lipinski definition) is 1. The van der Waals surface area contributed by atoms with Gasteiger partial charge >= 0.3 is 0 Å². The highest BCUT2D eigenvalue weighted by Gasteiger charge is 2.16. The second-order valence-electron chi connectivity index (χ2n) is 3.98. The Morgan fingerprint density at radius 3 is 2.80 bits per heavy atom. The van der Waals surface area contributed by atoms with Gasteiger partial charge in [0.05, 0.1) is 7.11 Å². The SMILES string of the molecule is COc1ccc(CNC2CCC2)cc1F. The summed E-state index contributed by atoms with van der Waals surface area (Å²) in [5, 5.41) is 3.39. The lowest BCUT2D eigenvalue weighted by atomic mass is 9.93. The van der Waals surface area contributed by atoms with Crippen molar-refractivity contribution in [3.05, 3.63) is 29.6 Å². The van der Waals surface area contributed by atoms with E-state index in [1.165, 1.54) is 32.4 Å². The normalized spacial score (nSPS) is 16.1. The van der Waals surface area contributed by atoms with Crippen molar-refractivity contribution in [1.29, 1.82) is 0 Å². The summed E-state index contributed by atoms with van der Waals surface area (Å²) >= 11 is 0. The minimum atomic E-state index is -0.287. The highest BCUT2D eigenvalue weighted by Crippen LogP contribution is 2.20. The second-order valence-corrected chi connectivity index (χ2v) is 3.98. The maximum atomic E-state index is 13.3. The molecule has 0 heterocycles. The van der Waals surface area contributed by atoms with Gasteiger partial charge in [-0.3, -0.25) is 0 Å². The van der Waals surface area contributed by atoms with Gasteiger partial charge in [0.25, 0.3) is 0 Å². The van der Waals surface area contributed by atoms with Gasteiger partial charge in [-0.1, -0.05) is 12.5 Å². The number of benzene rings is 1. The van der Waals surface area contributed by atoms with E-state index >= 15 is 0 Å². The Bertz CT molecular complexity index is 336. The maximum Gasteiger partial charge on any atom is 0.165 e. The Morgan fingerprint density at radius 2 is 2.27 bits per heavy atom. The minimum Gasteiger partial charge on any atom is -0.494 e. The number of halogens is 1. The number of rotatable bonds is 4. The predicted octanol–water partition coefficient (Wildman–Crippen LogP) is 2.48. The van der Waals surface area contributed by atoms with Gasteiger partial charge in [0, 0.05) is 12.6 Å². The molecule has 0 atom stereocenters. The zero-order chi connectivity index (χ0) is 10.7. The molecule has 1 aromatic carbocycles. The van der Waals surface area contributed by atoms with E-state index < -0.39 is 0 Å². The van der Waals surface area contributed by atoms with Crippen LogP contribution in [0.2, 0.25) is 0 Å². The monoisotopic (exact) mass is 209 g/mol. The van der Waals surface area contributed by atoms with Crippen LogP contribution in [0.1, 0.15) is 24.8 Å². The maximum absolute atomic E-state index is 13.3. The molecule has 1 N–H and O–H groups in total. The topological polar surface area (TPSA) is 21.3 Å². The molecule has 15 heavy (non-hydrogen) atoms. The van der Waals surface area contributed by atoms with Crippen LogP contribution in [0, 0.1) is 5.82 Å². The summed E-state index contributed by atoms with van der Waals surface area (Å²) < 4.78 is 18.2. The fourth-order valence-electron chi connectivity index (χ4n) is 1.69. The molecule has 3 heteroatoms. The lowest BCUT2D eigenvalue weighted by molar-refractivity contribution is 0.337. The van der Waals surface area contributed by atoms with Gasteiger partial charge < -0.3 is 10.1 Å². The summed E-state index contributed by atoms with van der Waals surface area (Å²) in [5.41, 5.74) is 0.972. The van der Waals surface area contributed by atoms with E-state index in [-0.39, 0.29) is 5.82 Å². The highest BCUT2D eigenvalue weighted by molar-refractivity contribution is 5.29. The number of ether oxygens (including phenoxy) is 1. The summed E-state index contributed by atoms with van der Waals surface area (Å²) in [7, 11) is 1.48. The van der Waals surface area contributed by atoms with Crippen molar-refractivity contribution in [3.8, 4) is 5.75 Å². The van der Waals surface area contributed by atoms with Crippen LogP contribution in [0.3, 0.4) is 0 Å². The third kappa shape index (κ3) is 2.48. The molecule has 0 unspecified atom stereocenters. The van der Waals surface area contributed by atoms with Crippen molar-refractivity contribution in [2.24, 2.45) is 0 Å². The van der Waals surface area contributed by atoms with E-state index in [2.05, 4.69) is 5.32 Å². The average molecular weight is 209 g/mol. The van der Waals surface area contributed by atoms with Crippen molar-refractivity contribution >= 4 is 0 Å². The number of methoxy groups -OCH3 is 1. The smallest absolute Gasteiger partial charge is 0.165 e. The molecule has 0 spiro atoms. The van der Waals surface area contributed by atoms with E-state index in [0.717, 1.165) is 12.1 Å². The molecule has 1 fully saturated rings. The third-order valence-corrected chi connectivity index (χ3v) is 2.92. The van der Waals surface area contributed by atoms with E-state index in [1.807, 2.05) is 6.07 Å². The first kappa shape index (κ1) is 10.4. The van der Waals surface area contributed by atoms with Gasteiger partial charge in [-0.05, 0) is 30.5 Å². The molecule has 82 valence electrons. The Balaban J connectivity index is 1.93. The molecule has 1 saturated carbocycles. The predicted molar refractivity (Wildman–Crippen MR) is 57.4 cm³/mol. The van der Waals surface area contributed by atoms with Crippen molar-refractivity contribution in [2.45, 2.75) is 31.8 Å². The van der Waals surface area contributed by atoms with Crippen molar-refractivity contribution in [1.82, 2.24) is 5.32 Å². The third-order valence-electron chi connectivity index (χ3n) is 2.92. The molecule has 1 aromatic rings. The summed E-state index contributed by atoms with van der Waals surface area (Å²) in [4.78, 5) is 0. The number of nitrogens with one attached hydrogen (secondary N) is 1.